The monoisotopic (exact) mass is 236 g/mol. The van der Waals surface area contributed by atoms with Crippen molar-refractivity contribution in [3.05, 3.63) is 23.8 Å². The zero-order valence-corrected chi connectivity index (χ0v) is 9.49. The van der Waals surface area contributed by atoms with Crippen molar-refractivity contribution in [2.24, 2.45) is 7.05 Å². The Morgan fingerprint density at radius 3 is 2.88 bits per heavy atom. The fraction of sp³-hybridized carbons (Fsp3) is 0.333. The molecule has 90 valence electrons. The highest BCUT2D eigenvalue weighted by molar-refractivity contribution is 5.92. The number of nitrogens with zero attached hydrogens (tertiary/aromatic N) is 5. The lowest BCUT2D eigenvalue weighted by Gasteiger charge is -1.96. The van der Waals surface area contributed by atoms with Gasteiger partial charge in [0.1, 0.15) is 5.69 Å². The van der Waals surface area contributed by atoms with Crippen LogP contribution in [0.15, 0.2) is 12.4 Å². The summed E-state index contributed by atoms with van der Waals surface area (Å²) in [6, 6.07) is 0. The molecule has 0 bridgehead atoms. The quantitative estimate of drug-likeness (QED) is 0.716. The largest absolute Gasteiger partial charge is 0.464 e. The molecule has 2 rings (SSSR count). The molecule has 0 atom stereocenters. The lowest BCUT2D eigenvalue weighted by atomic mass is 10.4. The number of aromatic nitrogens is 5. The van der Waals surface area contributed by atoms with Gasteiger partial charge in [-0.25, -0.2) is 4.79 Å². The number of aryl methyl sites for hydroxylation is 1. The summed E-state index contributed by atoms with van der Waals surface area (Å²) in [5, 5.41) is 11.7. The first kappa shape index (κ1) is 11.1. The Kier molecular flexibility index (Phi) is 2.77. The summed E-state index contributed by atoms with van der Waals surface area (Å²) < 4.78 is 7.66. The average molecular weight is 236 g/mol. The van der Waals surface area contributed by atoms with Crippen LogP contribution in [0.4, 0.5) is 5.69 Å². The van der Waals surface area contributed by atoms with Gasteiger partial charge in [0.2, 0.25) is 0 Å². The number of nitrogens with two attached hydrogens (primary N) is 1. The van der Waals surface area contributed by atoms with Gasteiger partial charge in [-0.05, 0) is 0 Å². The third-order valence-corrected chi connectivity index (χ3v) is 2.14. The van der Waals surface area contributed by atoms with E-state index in [-0.39, 0.29) is 11.4 Å². The molecule has 8 heteroatoms. The number of carbonyl (C=O) groups excluding carboxylic acids is 1. The van der Waals surface area contributed by atoms with Gasteiger partial charge in [0.15, 0.2) is 5.69 Å². The summed E-state index contributed by atoms with van der Waals surface area (Å²) in [6.45, 7) is 0.398. The van der Waals surface area contributed by atoms with Gasteiger partial charge in [0.25, 0.3) is 0 Å². The van der Waals surface area contributed by atoms with Crippen molar-refractivity contribution in [1.29, 1.82) is 0 Å². The molecule has 17 heavy (non-hydrogen) atoms. The van der Waals surface area contributed by atoms with E-state index in [1.807, 2.05) is 0 Å². The lowest BCUT2D eigenvalue weighted by Crippen LogP contribution is -2.07. The van der Waals surface area contributed by atoms with E-state index in [0.29, 0.717) is 6.54 Å². The molecule has 0 amide bonds. The Balaban J connectivity index is 2.20. The Hall–Kier alpha value is -2.38. The number of hydrogen-bond donors (Lipinski definition) is 1. The van der Waals surface area contributed by atoms with Crippen LogP contribution in [-0.4, -0.2) is 37.9 Å². The maximum atomic E-state index is 11.3. The third-order valence-electron chi connectivity index (χ3n) is 2.14. The predicted molar refractivity (Wildman–Crippen MR) is 58.1 cm³/mol. The van der Waals surface area contributed by atoms with Crippen molar-refractivity contribution < 1.29 is 9.53 Å². The number of ether oxygens (including phenoxy) is 1. The topological polar surface area (TPSA) is 101 Å². The smallest absolute Gasteiger partial charge is 0.360 e. The second-order valence-electron chi connectivity index (χ2n) is 3.51. The van der Waals surface area contributed by atoms with Crippen LogP contribution in [0.3, 0.4) is 0 Å². The lowest BCUT2D eigenvalue weighted by molar-refractivity contribution is 0.0594. The zero-order valence-electron chi connectivity index (χ0n) is 9.49. The molecule has 2 aromatic heterocycles. The fourth-order valence-corrected chi connectivity index (χ4v) is 1.41. The van der Waals surface area contributed by atoms with Crippen molar-refractivity contribution in [2.45, 2.75) is 6.54 Å². The van der Waals surface area contributed by atoms with E-state index in [0.717, 1.165) is 5.69 Å². The first-order chi connectivity index (χ1) is 8.10. The van der Waals surface area contributed by atoms with E-state index in [1.165, 1.54) is 11.8 Å². The van der Waals surface area contributed by atoms with Gasteiger partial charge < -0.3 is 10.5 Å². The van der Waals surface area contributed by atoms with Crippen LogP contribution in [0.5, 0.6) is 0 Å². The fourth-order valence-electron chi connectivity index (χ4n) is 1.41. The predicted octanol–water partition coefficient (Wildman–Crippen LogP) is -0.571. The molecule has 0 radical (unpaired) electrons. The molecular weight excluding hydrogens is 224 g/mol. The second-order valence-corrected chi connectivity index (χ2v) is 3.51. The molecule has 2 N–H and O–H groups in total. The summed E-state index contributed by atoms with van der Waals surface area (Å²) in [5.41, 5.74) is 6.77. The van der Waals surface area contributed by atoms with Crippen LogP contribution in [0.2, 0.25) is 0 Å². The van der Waals surface area contributed by atoms with E-state index in [2.05, 4.69) is 20.1 Å². The van der Waals surface area contributed by atoms with Gasteiger partial charge in [0.05, 0.1) is 19.3 Å². The van der Waals surface area contributed by atoms with Crippen molar-refractivity contribution in [1.82, 2.24) is 24.8 Å². The number of rotatable bonds is 3. The van der Waals surface area contributed by atoms with Crippen LogP contribution >= 0.6 is 0 Å². The molecule has 0 saturated carbocycles. The average Bonchev–Trinajstić information content (AvgIpc) is 2.85. The van der Waals surface area contributed by atoms with E-state index in [1.54, 1.807) is 24.1 Å². The highest BCUT2D eigenvalue weighted by Gasteiger charge is 2.15. The minimum atomic E-state index is -0.555. The van der Waals surface area contributed by atoms with Gasteiger partial charge in [-0.3, -0.25) is 9.36 Å². The highest BCUT2D eigenvalue weighted by atomic mass is 16.5. The van der Waals surface area contributed by atoms with Crippen LogP contribution in [0.1, 0.15) is 16.2 Å². The van der Waals surface area contributed by atoms with Gasteiger partial charge >= 0.3 is 5.97 Å². The highest BCUT2D eigenvalue weighted by Crippen LogP contribution is 2.11. The van der Waals surface area contributed by atoms with E-state index in [9.17, 15) is 4.79 Å². The third kappa shape index (κ3) is 2.25. The molecule has 0 saturated heterocycles. The number of nitrogen functional groups attached to an aromatic ring is 1. The summed E-state index contributed by atoms with van der Waals surface area (Å²) >= 11 is 0. The summed E-state index contributed by atoms with van der Waals surface area (Å²) in [7, 11) is 3.05. The second kappa shape index (κ2) is 4.24. The van der Waals surface area contributed by atoms with Crippen LogP contribution in [-0.2, 0) is 18.3 Å². The molecule has 8 nitrogen and oxygen atoms in total. The molecule has 0 aliphatic heterocycles. The number of carbonyl (C=O) groups is 1. The van der Waals surface area contributed by atoms with Crippen molar-refractivity contribution in [2.75, 3.05) is 12.8 Å². The van der Waals surface area contributed by atoms with Crippen molar-refractivity contribution in [3.8, 4) is 0 Å². The Labute approximate surface area is 97.0 Å². The normalized spacial score (nSPS) is 10.5. The van der Waals surface area contributed by atoms with Gasteiger partial charge in [-0.2, -0.15) is 5.10 Å². The molecule has 0 aromatic carbocycles. The summed E-state index contributed by atoms with van der Waals surface area (Å²) in [6.07, 6.45) is 3.32. The molecule has 0 aliphatic carbocycles. The minimum absolute atomic E-state index is 0.108. The maximum Gasteiger partial charge on any atom is 0.360 e. The molecular formula is C9H12N6O2. The minimum Gasteiger partial charge on any atom is -0.464 e. The molecule has 2 aromatic rings. The van der Waals surface area contributed by atoms with E-state index < -0.39 is 5.97 Å². The van der Waals surface area contributed by atoms with Crippen LogP contribution in [0.25, 0.3) is 0 Å². The maximum absolute atomic E-state index is 11.3. The number of anilines is 1. The van der Waals surface area contributed by atoms with Gasteiger partial charge in [-0.15, -0.1) is 5.10 Å². The first-order valence-corrected chi connectivity index (χ1v) is 4.86. The zero-order chi connectivity index (χ0) is 12.4. The van der Waals surface area contributed by atoms with Crippen molar-refractivity contribution >= 4 is 11.7 Å². The Bertz CT molecular complexity index is 543. The summed E-state index contributed by atoms with van der Waals surface area (Å²) in [5.74, 6) is -0.555. The van der Waals surface area contributed by atoms with Crippen LogP contribution in [0, 0.1) is 0 Å². The van der Waals surface area contributed by atoms with Gasteiger partial charge in [-0.1, -0.05) is 5.21 Å². The number of esters is 1. The molecule has 0 unspecified atom stereocenters. The molecule has 0 fully saturated rings. The van der Waals surface area contributed by atoms with E-state index >= 15 is 0 Å². The number of methoxy groups -OCH3 is 1. The van der Waals surface area contributed by atoms with Crippen LogP contribution < -0.4 is 5.73 Å². The Morgan fingerprint density at radius 2 is 2.29 bits per heavy atom. The standard InChI is InChI=1S/C9H12N6O2/c1-14-3-6(11-13-14)4-15-5-7(10)8(12-15)9(16)17-2/h3,5H,4,10H2,1-2H3. The first-order valence-electron chi connectivity index (χ1n) is 4.86. The number of hydrogen-bond acceptors (Lipinski definition) is 6. The van der Waals surface area contributed by atoms with E-state index in [4.69, 9.17) is 5.73 Å². The molecule has 0 spiro atoms. The van der Waals surface area contributed by atoms with Crippen molar-refractivity contribution in [3.63, 3.8) is 0 Å². The SMILES string of the molecule is COC(=O)c1nn(Cc2cn(C)nn2)cc1N. The molecule has 2 heterocycles. The summed E-state index contributed by atoms with van der Waals surface area (Å²) in [4.78, 5) is 11.3. The Morgan fingerprint density at radius 1 is 1.53 bits per heavy atom. The van der Waals surface area contributed by atoms with Gasteiger partial charge in [0, 0.05) is 19.4 Å². The molecule has 0 aliphatic rings.